The zero-order valence-electron chi connectivity index (χ0n) is 16.4. The predicted octanol–water partition coefficient (Wildman–Crippen LogP) is 2.86. The summed E-state index contributed by atoms with van der Waals surface area (Å²) in [4.78, 5) is 39.5. The van der Waals surface area contributed by atoms with Gasteiger partial charge in [-0.1, -0.05) is 24.3 Å². The highest BCUT2D eigenvalue weighted by Crippen LogP contribution is 2.23. The number of anilines is 2. The van der Waals surface area contributed by atoms with E-state index in [2.05, 4.69) is 5.32 Å². The summed E-state index contributed by atoms with van der Waals surface area (Å²) in [5.74, 6) is -0.322. The SMILES string of the molecule is Cc1c(NC(=O)c2cccc(N3CCCC3=O)c2)c(=O)n(-c2ccccc2)n1C. The summed E-state index contributed by atoms with van der Waals surface area (Å²) in [5.41, 5.74) is 2.42. The first kappa shape index (κ1) is 18.7. The van der Waals surface area contributed by atoms with E-state index in [4.69, 9.17) is 0 Å². The molecule has 1 aliphatic heterocycles. The maximum Gasteiger partial charge on any atom is 0.295 e. The van der Waals surface area contributed by atoms with Crippen molar-refractivity contribution in [2.75, 3.05) is 16.8 Å². The van der Waals surface area contributed by atoms with Gasteiger partial charge < -0.3 is 10.2 Å². The van der Waals surface area contributed by atoms with Crippen LogP contribution in [0.3, 0.4) is 0 Å². The average Bonchev–Trinajstić information content (AvgIpc) is 3.25. The molecule has 29 heavy (non-hydrogen) atoms. The first-order chi connectivity index (χ1) is 14.0. The Morgan fingerprint density at radius 2 is 1.72 bits per heavy atom. The number of carbonyl (C=O) groups is 2. The lowest BCUT2D eigenvalue weighted by molar-refractivity contribution is -0.117. The molecule has 1 fully saturated rings. The molecule has 1 saturated heterocycles. The molecule has 0 atom stereocenters. The third kappa shape index (κ3) is 3.35. The van der Waals surface area contributed by atoms with Crippen LogP contribution in [0.15, 0.2) is 59.4 Å². The average molecular weight is 390 g/mol. The molecular weight excluding hydrogens is 368 g/mol. The molecule has 0 aliphatic carbocycles. The highest BCUT2D eigenvalue weighted by Gasteiger charge is 2.23. The van der Waals surface area contributed by atoms with Crippen molar-refractivity contribution in [3.8, 4) is 5.69 Å². The van der Waals surface area contributed by atoms with E-state index in [0.717, 1.165) is 12.1 Å². The van der Waals surface area contributed by atoms with Crippen molar-refractivity contribution >= 4 is 23.2 Å². The number of amides is 2. The van der Waals surface area contributed by atoms with Crippen molar-refractivity contribution in [1.29, 1.82) is 0 Å². The van der Waals surface area contributed by atoms with Crippen LogP contribution in [0.1, 0.15) is 28.9 Å². The molecular formula is C22H22N4O3. The van der Waals surface area contributed by atoms with Crippen LogP contribution in [-0.2, 0) is 11.8 Å². The van der Waals surface area contributed by atoms with E-state index in [1.54, 1.807) is 41.8 Å². The Morgan fingerprint density at radius 1 is 1.00 bits per heavy atom. The second kappa shape index (κ2) is 7.43. The molecule has 7 heteroatoms. The molecule has 0 unspecified atom stereocenters. The molecule has 148 valence electrons. The lowest BCUT2D eigenvalue weighted by Crippen LogP contribution is -2.25. The molecule has 0 spiro atoms. The highest BCUT2D eigenvalue weighted by atomic mass is 16.2. The quantitative estimate of drug-likeness (QED) is 0.744. The Bertz CT molecular complexity index is 1140. The van der Waals surface area contributed by atoms with Gasteiger partial charge in [0.05, 0.1) is 11.4 Å². The minimum atomic E-state index is -0.385. The summed E-state index contributed by atoms with van der Waals surface area (Å²) >= 11 is 0. The normalized spacial score (nSPS) is 13.7. The van der Waals surface area contributed by atoms with Gasteiger partial charge in [-0.15, -0.1) is 0 Å². The largest absolute Gasteiger partial charge is 0.316 e. The molecule has 0 bridgehead atoms. The van der Waals surface area contributed by atoms with E-state index in [9.17, 15) is 14.4 Å². The van der Waals surface area contributed by atoms with Crippen molar-refractivity contribution < 1.29 is 9.59 Å². The van der Waals surface area contributed by atoms with Crippen LogP contribution in [0, 0.1) is 6.92 Å². The van der Waals surface area contributed by atoms with Crippen molar-refractivity contribution in [3.05, 3.63) is 76.2 Å². The lowest BCUT2D eigenvalue weighted by Gasteiger charge is -2.16. The second-order valence-electron chi connectivity index (χ2n) is 7.09. The van der Waals surface area contributed by atoms with Crippen LogP contribution in [0.2, 0.25) is 0 Å². The molecule has 0 saturated carbocycles. The number of benzene rings is 2. The molecule has 1 aliphatic rings. The van der Waals surface area contributed by atoms with Gasteiger partial charge in [-0.05, 0) is 43.7 Å². The zero-order chi connectivity index (χ0) is 20.5. The minimum Gasteiger partial charge on any atom is -0.316 e. The van der Waals surface area contributed by atoms with Crippen molar-refractivity contribution in [2.24, 2.45) is 7.05 Å². The molecule has 1 aromatic heterocycles. The number of hydrogen-bond donors (Lipinski definition) is 1. The first-order valence-electron chi connectivity index (χ1n) is 9.53. The summed E-state index contributed by atoms with van der Waals surface area (Å²) in [7, 11) is 1.78. The standard InChI is InChI=1S/C22H22N4O3/c1-15-20(22(29)26(24(15)2)17-9-4-3-5-10-17)23-21(28)16-8-6-11-18(14-16)25-13-7-12-19(25)27/h3-6,8-11,14H,7,12-13H2,1-2H3,(H,23,28). The van der Waals surface area contributed by atoms with E-state index in [0.29, 0.717) is 29.9 Å². The van der Waals surface area contributed by atoms with Gasteiger partial charge in [-0.25, -0.2) is 4.68 Å². The Labute approximate surface area is 168 Å². The van der Waals surface area contributed by atoms with Gasteiger partial charge in [0.1, 0.15) is 5.69 Å². The fraction of sp³-hybridized carbons (Fsp3) is 0.227. The molecule has 2 aromatic carbocycles. The number of para-hydroxylation sites is 1. The van der Waals surface area contributed by atoms with E-state index in [1.165, 1.54) is 4.68 Å². The monoisotopic (exact) mass is 390 g/mol. The van der Waals surface area contributed by atoms with E-state index in [-0.39, 0.29) is 23.1 Å². The number of hydrogen-bond acceptors (Lipinski definition) is 3. The van der Waals surface area contributed by atoms with Gasteiger partial charge in [0, 0.05) is 31.3 Å². The van der Waals surface area contributed by atoms with Gasteiger partial charge in [0.2, 0.25) is 5.91 Å². The number of nitrogens with zero attached hydrogens (tertiary/aromatic N) is 3. The number of aromatic nitrogens is 2. The van der Waals surface area contributed by atoms with Crippen LogP contribution in [0.4, 0.5) is 11.4 Å². The Balaban J connectivity index is 1.65. The Hall–Kier alpha value is -3.61. The Morgan fingerprint density at radius 3 is 2.41 bits per heavy atom. The van der Waals surface area contributed by atoms with Crippen LogP contribution in [-0.4, -0.2) is 27.7 Å². The minimum absolute atomic E-state index is 0.0622. The van der Waals surface area contributed by atoms with E-state index in [1.807, 2.05) is 36.4 Å². The van der Waals surface area contributed by atoms with Gasteiger partial charge in [0.25, 0.3) is 11.5 Å². The summed E-state index contributed by atoms with van der Waals surface area (Å²) in [6.45, 7) is 2.44. The van der Waals surface area contributed by atoms with Crippen LogP contribution in [0.5, 0.6) is 0 Å². The molecule has 4 rings (SSSR count). The molecule has 1 N–H and O–H groups in total. The number of rotatable bonds is 4. The summed E-state index contributed by atoms with van der Waals surface area (Å²) in [6, 6.07) is 16.2. The maximum absolute atomic E-state index is 13.0. The van der Waals surface area contributed by atoms with Gasteiger partial charge in [0.15, 0.2) is 0 Å². The molecule has 2 amide bonds. The number of nitrogens with one attached hydrogen (secondary N) is 1. The molecule has 2 heterocycles. The summed E-state index contributed by atoms with van der Waals surface area (Å²) < 4.78 is 3.23. The van der Waals surface area contributed by atoms with Gasteiger partial charge >= 0.3 is 0 Å². The number of carbonyl (C=O) groups excluding carboxylic acids is 2. The maximum atomic E-state index is 13.0. The first-order valence-corrected chi connectivity index (χ1v) is 9.53. The molecule has 7 nitrogen and oxygen atoms in total. The lowest BCUT2D eigenvalue weighted by atomic mass is 10.1. The summed E-state index contributed by atoms with van der Waals surface area (Å²) in [5, 5.41) is 2.76. The second-order valence-corrected chi connectivity index (χ2v) is 7.09. The predicted molar refractivity (Wildman–Crippen MR) is 112 cm³/mol. The van der Waals surface area contributed by atoms with E-state index < -0.39 is 0 Å². The zero-order valence-corrected chi connectivity index (χ0v) is 16.4. The van der Waals surface area contributed by atoms with Crippen molar-refractivity contribution in [1.82, 2.24) is 9.36 Å². The van der Waals surface area contributed by atoms with Crippen LogP contribution in [0.25, 0.3) is 5.69 Å². The Kier molecular flexibility index (Phi) is 4.80. The third-order valence-corrected chi connectivity index (χ3v) is 5.29. The van der Waals surface area contributed by atoms with Gasteiger partial charge in [-0.3, -0.25) is 19.1 Å². The fourth-order valence-electron chi connectivity index (χ4n) is 3.63. The smallest absolute Gasteiger partial charge is 0.295 e. The molecule has 3 aromatic rings. The highest BCUT2D eigenvalue weighted by molar-refractivity contribution is 6.06. The topological polar surface area (TPSA) is 76.3 Å². The van der Waals surface area contributed by atoms with Crippen molar-refractivity contribution in [2.45, 2.75) is 19.8 Å². The van der Waals surface area contributed by atoms with Crippen LogP contribution < -0.4 is 15.8 Å². The van der Waals surface area contributed by atoms with Gasteiger partial charge in [-0.2, -0.15) is 0 Å². The van der Waals surface area contributed by atoms with Crippen LogP contribution >= 0.6 is 0 Å². The molecule has 0 radical (unpaired) electrons. The van der Waals surface area contributed by atoms with E-state index >= 15 is 0 Å². The summed E-state index contributed by atoms with van der Waals surface area (Å²) in [6.07, 6.45) is 1.34. The third-order valence-electron chi connectivity index (χ3n) is 5.29. The van der Waals surface area contributed by atoms with Crippen molar-refractivity contribution in [3.63, 3.8) is 0 Å². The fourth-order valence-corrected chi connectivity index (χ4v) is 3.63.